The Morgan fingerprint density at radius 2 is 1.71 bits per heavy atom. The molecule has 2 aromatic carbocycles. The van der Waals surface area contributed by atoms with Crippen LogP contribution in [0.3, 0.4) is 0 Å². The van der Waals surface area contributed by atoms with Crippen molar-refractivity contribution in [2.24, 2.45) is 0 Å². The summed E-state index contributed by atoms with van der Waals surface area (Å²) in [7, 11) is 1.02. The standard InChI is InChI=1S/C23H28ClN5O6/c1-14(2)35-20-10-9-18(11-15(20)3)26-28-27-23(33)29(13-19(30)21(31)34-4)22(32)25-12-16-5-7-17(24)8-6-16/h5-11,14,26,28H,12-13H2,1-4H3,(H,25,32)(H,27,33). The molecule has 0 atom stereocenters. The minimum Gasteiger partial charge on any atom is -0.491 e. The first-order chi connectivity index (χ1) is 16.6. The van der Waals surface area contributed by atoms with Crippen LogP contribution in [0.25, 0.3) is 0 Å². The molecule has 12 heteroatoms. The number of hydrazine groups is 2. The molecule has 0 heterocycles. The fourth-order valence-corrected chi connectivity index (χ4v) is 2.90. The maximum atomic E-state index is 12.6. The van der Waals surface area contributed by atoms with Crippen LogP contribution in [0.1, 0.15) is 25.0 Å². The van der Waals surface area contributed by atoms with Crippen LogP contribution in [0.5, 0.6) is 5.75 Å². The maximum absolute atomic E-state index is 12.6. The molecule has 0 saturated heterocycles. The van der Waals surface area contributed by atoms with Crippen molar-refractivity contribution in [1.82, 2.24) is 21.2 Å². The molecule has 0 fully saturated rings. The van der Waals surface area contributed by atoms with Crippen LogP contribution in [0.2, 0.25) is 5.02 Å². The van der Waals surface area contributed by atoms with Crippen LogP contribution in [-0.4, -0.2) is 48.5 Å². The van der Waals surface area contributed by atoms with Gasteiger partial charge in [0.05, 0.1) is 18.9 Å². The van der Waals surface area contributed by atoms with E-state index in [2.05, 4.69) is 26.4 Å². The van der Waals surface area contributed by atoms with Crippen LogP contribution in [-0.2, 0) is 20.9 Å². The third-order valence-corrected chi connectivity index (χ3v) is 4.73. The van der Waals surface area contributed by atoms with Gasteiger partial charge in [-0.25, -0.2) is 19.3 Å². The van der Waals surface area contributed by atoms with Gasteiger partial charge in [0.2, 0.25) is 0 Å². The summed E-state index contributed by atoms with van der Waals surface area (Å²) in [5.74, 6) is -1.54. The molecule has 4 amide bonds. The number of nitrogens with zero attached hydrogens (tertiary/aromatic N) is 1. The highest BCUT2D eigenvalue weighted by atomic mass is 35.5. The number of amides is 4. The fourth-order valence-electron chi connectivity index (χ4n) is 2.77. The normalized spacial score (nSPS) is 10.3. The van der Waals surface area contributed by atoms with Crippen LogP contribution in [0, 0.1) is 6.92 Å². The summed E-state index contributed by atoms with van der Waals surface area (Å²) >= 11 is 5.85. The lowest BCUT2D eigenvalue weighted by Crippen LogP contribution is -2.55. The Morgan fingerprint density at radius 1 is 1.03 bits per heavy atom. The summed E-state index contributed by atoms with van der Waals surface area (Å²) in [5, 5.41) is 3.04. The number of urea groups is 2. The van der Waals surface area contributed by atoms with Crippen molar-refractivity contribution in [3.05, 3.63) is 58.6 Å². The number of hydrogen-bond donors (Lipinski definition) is 4. The molecular weight excluding hydrogens is 478 g/mol. The zero-order valence-electron chi connectivity index (χ0n) is 19.8. The van der Waals surface area contributed by atoms with E-state index < -0.39 is 30.4 Å². The zero-order valence-corrected chi connectivity index (χ0v) is 20.6. The first-order valence-corrected chi connectivity index (χ1v) is 11.0. The summed E-state index contributed by atoms with van der Waals surface area (Å²) in [6.07, 6.45) is 0.0226. The van der Waals surface area contributed by atoms with E-state index in [0.29, 0.717) is 21.2 Å². The van der Waals surface area contributed by atoms with E-state index in [1.165, 1.54) is 0 Å². The third kappa shape index (κ3) is 8.80. The average Bonchev–Trinajstić information content (AvgIpc) is 2.82. The van der Waals surface area contributed by atoms with E-state index in [1.807, 2.05) is 20.8 Å². The molecule has 0 aromatic heterocycles. The van der Waals surface area contributed by atoms with Crippen LogP contribution in [0.15, 0.2) is 42.5 Å². The van der Waals surface area contributed by atoms with Gasteiger partial charge in [-0.2, -0.15) is 0 Å². The lowest BCUT2D eigenvalue weighted by Gasteiger charge is -2.21. The van der Waals surface area contributed by atoms with Crippen LogP contribution >= 0.6 is 11.6 Å². The lowest BCUT2D eigenvalue weighted by molar-refractivity contribution is -0.151. The number of hydrogen-bond acceptors (Lipinski definition) is 8. The molecule has 0 unspecified atom stereocenters. The predicted molar refractivity (Wildman–Crippen MR) is 130 cm³/mol. The average molecular weight is 506 g/mol. The van der Waals surface area contributed by atoms with Gasteiger partial charge in [0, 0.05) is 11.6 Å². The highest BCUT2D eigenvalue weighted by Crippen LogP contribution is 2.22. The second kappa shape index (κ2) is 13.2. The number of carbonyl (C=O) groups is 4. The van der Waals surface area contributed by atoms with E-state index >= 15 is 0 Å². The van der Waals surface area contributed by atoms with E-state index in [4.69, 9.17) is 16.3 Å². The third-order valence-electron chi connectivity index (χ3n) is 4.48. The molecule has 0 bridgehead atoms. The predicted octanol–water partition coefficient (Wildman–Crippen LogP) is 2.93. The monoisotopic (exact) mass is 505 g/mol. The molecule has 188 valence electrons. The van der Waals surface area contributed by atoms with Crippen LogP contribution in [0.4, 0.5) is 15.3 Å². The number of Topliss-reactive ketones (excluding diaryl/α,β-unsaturated/α-hetero) is 1. The Morgan fingerprint density at radius 3 is 2.31 bits per heavy atom. The van der Waals surface area contributed by atoms with Crippen molar-refractivity contribution in [3.63, 3.8) is 0 Å². The largest absolute Gasteiger partial charge is 0.491 e. The van der Waals surface area contributed by atoms with Gasteiger partial charge in [-0.15, -0.1) is 5.53 Å². The highest BCUT2D eigenvalue weighted by Gasteiger charge is 2.27. The van der Waals surface area contributed by atoms with Crippen molar-refractivity contribution in [3.8, 4) is 5.75 Å². The van der Waals surface area contributed by atoms with Gasteiger partial charge in [-0.05, 0) is 62.2 Å². The molecule has 11 nitrogen and oxygen atoms in total. The number of halogens is 1. The van der Waals surface area contributed by atoms with E-state index in [9.17, 15) is 19.2 Å². The Bertz CT molecular complexity index is 1060. The fraction of sp³-hybridized carbons (Fsp3) is 0.304. The molecule has 0 saturated carbocycles. The minimum absolute atomic E-state index is 0.0226. The lowest BCUT2D eigenvalue weighted by atomic mass is 10.2. The molecule has 0 spiro atoms. The van der Waals surface area contributed by atoms with Crippen molar-refractivity contribution < 1.29 is 28.7 Å². The minimum atomic E-state index is -1.18. The molecule has 35 heavy (non-hydrogen) atoms. The maximum Gasteiger partial charge on any atom is 0.376 e. The van der Waals surface area contributed by atoms with E-state index in [1.54, 1.807) is 42.5 Å². The Labute approximate surface area is 208 Å². The van der Waals surface area contributed by atoms with Crippen molar-refractivity contribution >= 4 is 41.1 Å². The number of imide groups is 1. The number of carbonyl (C=O) groups excluding carboxylic acids is 4. The molecular formula is C23H28ClN5O6. The SMILES string of the molecule is COC(=O)C(=O)CN(C(=O)NCc1ccc(Cl)cc1)C(=O)NNNc1ccc(OC(C)C)c(C)c1. The quantitative estimate of drug-likeness (QED) is 0.220. The zero-order chi connectivity index (χ0) is 26.0. The molecule has 0 radical (unpaired) electrons. The second-order valence-corrected chi connectivity index (χ2v) is 8.05. The van der Waals surface area contributed by atoms with Gasteiger partial charge in [0.25, 0.3) is 5.78 Å². The molecule has 0 aliphatic rings. The molecule has 2 rings (SSSR count). The van der Waals surface area contributed by atoms with Gasteiger partial charge in [-0.3, -0.25) is 10.2 Å². The highest BCUT2D eigenvalue weighted by molar-refractivity contribution is 6.35. The van der Waals surface area contributed by atoms with E-state index in [0.717, 1.165) is 18.4 Å². The summed E-state index contributed by atoms with van der Waals surface area (Å²) in [6, 6.07) is 10.1. The van der Waals surface area contributed by atoms with E-state index in [-0.39, 0.29) is 12.6 Å². The number of ether oxygens (including phenoxy) is 2. The number of ketones is 1. The summed E-state index contributed by atoms with van der Waals surface area (Å²) in [5.41, 5.74) is 9.66. The van der Waals surface area contributed by atoms with Gasteiger partial charge >= 0.3 is 18.0 Å². The van der Waals surface area contributed by atoms with Crippen molar-refractivity contribution in [2.45, 2.75) is 33.4 Å². The number of methoxy groups -OCH3 is 1. The number of aryl methyl sites for hydroxylation is 1. The number of nitrogens with one attached hydrogen (secondary N) is 4. The van der Waals surface area contributed by atoms with Gasteiger partial charge in [0.1, 0.15) is 12.3 Å². The van der Waals surface area contributed by atoms with Gasteiger partial charge in [-0.1, -0.05) is 23.7 Å². The number of rotatable bonds is 10. The first-order valence-electron chi connectivity index (χ1n) is 10.6. The topological polar surface area (TPSA) is 138 Å². The molecule has 0 aliphatic heterocycles. The second-order valence-electron chi connectivity index (χ2n) is 7.61. The van der Waals surface area contributed by atoms with Gasteiger partial charge in [0.15, 0.2) is 0 Å². The Kier molecular flexibility index (Phi) is 10.3. The summed E-state index contributed by atoms with van der Waals surface area (Å²) in [4.78, 5) is 49.3. The van der Waals surface area contributed by atoms with Crippen molar-refractivity contribution in [1.29, 1.82) is 0 Å². The molecule has 0 aliphatic carbocycles. The Hall–Kier alpha value is -3.83. The summed E-state index contributed by atoms with van der Waals surface area (Å²) < 4.78 is 10.0. The number of anilines is 1. The van der Waals surface area contributed by atoms with Crippen molar-refractivity contribution in [2.75, 3.05) is 19.1 Å². The molecule has 4 N–H and O–H groups in total. The smallest absolute Gasteiger partial charge is 0.376 e. The van der Waals surface area contributed by atoms with Crippen LogP contribution < -0.4 is 26.4 Å². The molecule has 2 aromatic rings. The number of benzene rings is 2. The summed E-state index contributed by atoms with van der Waals surface area (Å²) in [6.45, 7) is 4.94. The Balaban J connectivity index is 2.00. The number of esters is 1. The van der Waals surface area contributed by atoms with Gasteiger partial charge < -0.3 is 20.2 Å². The first kappa shape index (κ1) is 27.4.